The van der Waals surface area contributed by atoms with Crippen LogP contribution in [0.1, 0.15) is 46.5 Å². The van der Waals surface area contributed by atoms with Crippen molar-refractivity contribution in [2.45, 2.75) is 58.1 Å². The van der Waals surface area contributed by atoms with Crippen LogP contribution in [-0.4, -0.2) is 29.2 Å². The first-order chi connectivity index (χ1) is 9.28. The Morgan fingerprint density at radius 2 is 2.05 bits per heavy atom. The minimum Gasteiger partial charge on any atom is -0.444 e. The first-order valence-electron chi connectivity index (χ1n) is 7.01. The normalized spacial score (nSPS) is 19.8. The standard InChI is InChI=1S/C15H21Cl2NO2/c1-15(2,3)20-14(19)18(11-7-8-11)9-10-5-4-6-12(16)13(10)17/h6,11H,4-5,7-9H2,1-3H3. The van der Waals surface area contributed by atoms with Crippen molar-refractivity contribution in [3.63, 3.8) is 0 Å². The summed E-state index contributed by atoms with van der Waals surface area (Å²) in [5.74, 6) is 0. The maximum atomic E-state index is 12.3. The molecule has 2 aliphatic rings. The maximum absolute atomic E-state index is 12.3. The van der Waals surface area contributed by atoms with Crippen LogP contribution in [0.15, 0.2) is 21.7 Å². The Labute approximate surface area is 130 Å². The van der Waals surface area contributed by atoms with Crippen molar-refractivity contribution in [3.8, 4) is 0 Å². The van der Waals surface area contributed by atoms with Crippen molar-refractivity contribution in [2.75, 3.05) is 6.54 Å². The zero-order valence-corrected chi connectivity index (χ0v) is 13.7. The Morgan fingerprint density at radius 1 is 1.40 bits per heavy atom. The molecule has 0 unspecified atom stereocenters. The fraction of sp³-hybridized carbons (Fsp3) is 0.667. The van der Waals surface area contributed by atoms with E-state index in [0.717, 1.165) is 31.3 Å². The number of carbonyl (C=O) groups excluding carboxylic acids is 1. The largest absolute Gasteiger partial charge is 0.444 e. The van der Waals surface area contributed by atoms with Gasteiger partial charge in [0.2, 0.25) is 0 Å². The van der Waals surface area contributed by atoms with Gasteiger partial charge in [0.05, 0.1) is 10.1 Å². The number of rotatable bonds is 3. The van der Waals surface area contributed by atoms with E-state index in [0.29, 0.717) is 16.6 Å². The van der Waals surface area contributed by atoms with E-state index in [2.05, 4.69) is 0 Å². The van der Waals surface area contributed by atoms with Gasteiger partial charge in [-0.15, -0.1) is 0 Å². The first kappa shape index (κ1) is 15.7. The van der Waals surface area contributed by atoms with Crippen molar-refractivity contribution in [2.24, 2.45) is 0 Å². The van der Waals surface area contributed by atoms with Crippen LogP contribution < -0.4 is 0 Å². The van der Waals surface area contributed by atoms with E-state index in [4.69, 9.17) is 27.9 Å². The van der Waals surface area contributed by atoms with Crippen LogP contribution in [0.3, 0.4) is 0 Å². The van der Waals surface area contributed by atoms with Crippen molar-refractivity contribution < 1.29 is 9.53 Å². The van der Waals surface area contributed by atoms with Crippen LogP contribution >= 0.6 is 23.2 Å². The monoisotopic (exact) mass is 317 g/mol. The smallest absolute Gasteiger partial charge is 0.410 e. The Bertz CT molecular complexity index is 459. The van der Waals surface area contributed by atoms with Gasteiger partial charge in [-0.25, -0.2) is 4.79 Å². The Kier molecular flexibility index (Phi) is 4.70. The summed E-state index contributed by atoms with van der Waals surface area (Å²) in [5.41, 5.74) is 0.545. The highest BCUT2D eigenvalue weighted by molar-refractivity contribution is 6.44. The van der Waals surface area contributed by atoms with Crippen LogP contribution in [-0.2, 0) is 4.74 Å². The number of hydrogen-bond donors (Lipinski definition) is 0. The van der Waals surface area contributed by atoms with E-state index in [1.807, 2.05) is 26.8 Å². The third kappa shape index (κ3) is 4.16. The van der Waals surface area contributed by atoms with Crippen LogP contribution in [0.5, 0.6) is 0 Å². The summed E-state index contributed by atoms with van der Waals surface area (Å²) in [6.07, 6.45) is 5.45. The maximum Gasteiger partial charge on any atom is 0.410 e. The molecular weight excluding hydrogens is 297 g/mol. The molecule has 2 aliphatic carbocycles. The molecule has 0 atom stereocenters. The highest BCUT2D eigenvalue weighted by Gasteiger charge is 2.36. The molecule has 0 aromatic carbocycles. The van der Waals surface area contributed by atoms with Crippen molar-refractivity contribution in [3.05, 3.63) is 21.7 Å². The fourth-order valence-electron chi connectivity index (χ4n) is 2.14. The molecule has 5 heteroatoms. The summed E-state index contributed by atoms with van der Waals surface area (Å²) in [5, 5.41) is 1.18. The Balaban J connectivity index is 2.09. The van der Waals surface area contributed by atoms with Crippen molar-refractivity contribution in [1.29, 1.82) is 0 Å². The zero-order chi connectivity index (χ0) is 14.9. The van der Waals surface area contributed by atoms with Gasteiger partial charge in [-0.3, -0.25) is 0 Å². The second-order valence-corrected chi connectivity index (χ2v) is 7.13. The summed E-state index contributed by atoms with van der Waals surface area (Å²) in [4.78, 5) is 14.1. The number of hydrogen-bond acceptors (Lipinski definition) is 2. The molecule has 112 valence electrons. The predicted molar refractivity (Wildman–Crippen MR) is 82.0 cm³/mol. The minimum absolute atomic E-state index is 0.261. The van der Waals surface area contributed by atoms with E-state index in [1.54, 1.807) is 4.90 Å². The van der Waals surface area contributed by atoms with Gasteiger partial charge >= 0.3 is 6.09 Å². The molecule has 0 aromatic rings. The molecule has 0 saturated heterocycles. The number of nitrogens with zero attached hydrogens (tertiary/aromatic N) is 1. The van der Waals surface area contributed by atoms with Gasteiger partial charge in [0.1, 0.15) is 5.60 Å². The molecule has 0 bridgehead atoms. The molecule has 1 fully saturated rings. The SMILES string of the molecule is CC(C)(C)OC(=O)N(CC1=C(Cl)C(Cl)=CCC1)C1CC1. The molecular formula is C15H21Cl2NO2. The average molecular weight is 318 g/mol. The first-order valence-corrected chi connectivity index (χ1v) is 7.76. The average Bonchev–Trinajstić information content (AvgIpc) is 3.12. The molecule has 0 N–H and O–H groups in total. The number of halogens is 2. The summed E-state index contributed by atoms with van der Waals surface area (Å²) in [6.45, 7) is 6.15. The molecule has 20 heavy (non-hydrogen) atoms. The Hall–Kier alpha value is -0.670. The van der Waals surface area contributed by atoms with E-state index < -0.39 is 5.60 Å². The molecule has 2 rings (SSSR count). The van der Waals surface area contributed by atoms with E-state index in [9.17, 15) is 4.79 Å². The number of allylic oxidation sites excluding steroid dienone is 3. The summed E-state index contributed by atoms with van der Waals surface area (Å²) in [6, 6.07) is 0.284. The topological polar surface area (TPSA) is 29.5 Å². The highest BCUT2D eigenvalue weighted by Crippen LogP contribution is 2.34. The lowest BCUT2D eigenvalue weighted by Crippen LogP contribution is -2.39. The summed E-state index contributed by atoms with van der Waals surface area (Å²) >= 11 is 12.3. The summed E-state index contributed by atoms with van der Waals surface area (Å²) < 4.78 is 5.48. The second-order valence-electron chi connectivity index (χ2n) is 6.35. The number of amides is 1. The molecule has 1 saturated carbocycles. The third-order valence-electron chi connectivity index (χ3n) is 3.27. The molecule has 0 aromatic heterocycles. The number of carbonyl (C=O) groups is 1. The van der Waals surface area contributed by atoms with Gasteiger partial charge in [0, 0.05) is 12.6 Å². The van der Waals surface area contributed by atoms with Crippen LogP contribution in [0.2, 0.25) is 0 Å². The van der Waals surface area contributed by atoms with Crippen molar-refractivity contribution >= 4 is 29.3 Å². The molecule has 1 amide bonds. The number of ether oxygens (including phenoxy) is 1. The lowest BCUT2D eigenvalue weighted by Gasteiger charge is -2.29. The van der Waals surface area contributed by atoms with Gasteiger partial charge in [-0.05, 0) is 52.0 Å². The molecule has 0 radical (unpaired) electrons. The van der Waals surface area contributed by atoms with Crippen molar-refractivity contribution in [1.82, 2.24) is 4.90 Å². The van der Waals surface area contributed by atoms with Crippen LogP contribution in [0, 0.1) is 0 Å². The molecule has 0 spiro atoms. The Morgan fingerprint density at radius 3 is 2.60 bits per heavy atom. The van der Waals surface area contributed by atoms with Gasteiger partial charge < -0.3 is 9.64 Å². The summed E-state index contributed by atoms with van der Waals surface area (Å²) in [7, 11) is 0. The molecule has 0 heterocycles. The van der Waals surface area contributed by atoms with Gasteiger partial charge in [0.15, 0.2) is 0 Å². The minimum atomic E-state index is -0.480. The lowest BCUT2D eigenvalue weighted by molar-refractivity contribution is 0.0250. The molecule has 0 aliphatic heterocycles. The predicted octanol–water partition coefficient (Wildman–Crippen LogP) is 4.80. The van der Waals surface area contributed by atoms with Crippen LogP contribution in [0.4, 0.5) is 4.79 Å². The quantitative estimate of drug-likeness (QED) is 0.748. The van der Waals surface area contributed by atoms with Gasteiger partial charge in [-0.2, -0.15) is 0 Å². The highest BCUT2D eigenvalue weighted by atomic mass is 35.5. The third-order valence-corrected chi connectivity index (χ3v) is 4.18. The zero-order valence-electron chi connectivity index (χ0n) is 12.2. The lowest BCUT2D eigenvalue weighted by atomic mass is 10.0. The van der Waals surface area contributed by atoms with E-state index in [1.165, 1.54) is 0 Å². The second kappa shape index (κ2) is 5.98. The fourth-order valence-corrected chi connectivity index (χ4v) is 2.62. The van der Waals surface area contributed by atoms with E-state index >= 15 is 0 Å². The van der Waals surface area contributed by atoms with E-state index in [-0.39, 0.29) is 12.1 Å². The van der Waals surface area contributed by atoms with Gasteiger partial charge in [-0.1, -0.05) is 29.3 Å². The molecule has 3 nitrogen and oxygen atoms in total. The van der Waals surface area contributed by atoms with Gasteiger partial charge in [0.25, 0.3) is 0 Å². The van der Waals surface area contributed by atoms with Crippen LogP contribution in [0.25, 0.3) is 0 Å².